The van der Waals surface area contributed by atoms with Gasteiger partial charge >= 0.3 is 11.9 Å². The van der Waals surface area contributed by atoms with Crippen LogP contribution in [0.4, 0.5) is 0 Å². The molecule has 0 aliphatic heterocycles. The summed E-state index contributed by atoms with van der Waals surface area (Å²) in [5.74, 6) is -1.50. The van der Waals surface area contributed by atoms with E-state index in [1.165, 1.54) is 6.92 Å². The van der Waals surface area contributed by atoms with Crippen LogP contribution in [0.25, 0.3) is 0 Å². The van der Waals surface area contributed by atoms with Crippen molar-refractivity contribution in [1.29, 1.82) is 0 Å². The smallest absolute Gasteiger partial charge is 0.333 e. The van der Waals surface area contributed by atoms with Gasteiger partial charge in [-0.05, 0) is 6.92 Å². The molecule has 0 saturated heterocycles. The van der Waals surface area contributed by atoms with E-state index in [9.17, 15) is 14.4 Å². The Hall–Kier alpha value is -2.43. The molecule has 0 bridgehead atoms. The molecule has 1 aromatic rings. The van der Waals surface area contributed by atoms with Crippen molar-refractivity contribution in [2.75, 3.05) is 13.2 Å². The standard InChI is InChI=1S/C15H16O5/c1-11(2)15(18)20-9-8-19-14(17)10-13(16)12-6-4-3-5-7-12/h3-7H,1,8-10H2,2H3. The maximum absolute atomic E-state index is 11.7. The summed E-state index contributed by atoms with van der Waals surface area (Å²) in [6.07, 6.45) is -0.335. The van der Waals surface area contributed by atoms with E-state index in [1.807, 2.05) is 0 Å². The van der Waals surface area contributed by atoms with Crippen molar-refractivity contribution >= 4 is 17.7 Å². The van der Waals surface area contributed by atoms with Crippen LogP contribution >= 0.6 is 0 Å². The molecule has 0 aliphatic carbocycles. The van der Waals surface area contributed by atoms with Crippen molar-refractivity contribution in [2.45, 2.75) is 13.3 Å². The lowest BCUT2D eigenvalue weighted by molar-refractivity contribution is -0.149. The molecule has 0 spiro atoms. The third kappa shape index (κ3) is 5.48. The Balaban J connectivity index is 2.26. The van der Waals surface area contributed by atoms with Crippen LogP contribution in [0.1, 0.15) is 23.7 Å². The summed E-state index contributed by atoms with van der Waals surface area (Å²) in [4.78, 5) is 34.1. The van der Waals surface area contributed by atoms with Crippen LogP contribution < -0.4 is 0 Å². The SMILES string of the molecule is C=C(C)C(=O)OCCOC(=O)CC(=O)c1ccccc1. The first kappa shape index (κ1) is 15.6. The average Bonchev–Trinajstić information content (AvgIpc) is 2.44. The summed E-state index contributed by atoms with van der Waals surface area (Å²) in [5.41, 5.74) is 0.730. The highest BCUT2D eigenvalue weighted by Crippen LogP contribution is 2.03. The van der Waals surface area contributed by atoms with Gasteiger partial charge < -0.3 is 9.47 Å². The van der Waals surface area contributed by atoms with Gasteiger partial charge in [-0.25, -0.2) is 4.79 Å². The zero-order valence-corrected chi connectivity index (χ0v) is 11.3. The second-order valence-electron chi connectivity index (χ2n) is 4.10. The van der Waals surface area contributed by atoms with Crippen LogP contribution in [0, 0.1) is 0 Å². The number of hydrogen-bond donors (Lipinski definition) is 0. The number of benzene rings is 1. The molecule has 0 fully saturated rings. The first-order chi connectivity index (χ1) is 9.50. The number of hydrogen-bond acceptors (Lipinski definition) is 5. The predicted molar refractivity (Wildman–Crippen MR) is 72.1 cm³/mol. The number of rotatable bonds is 7. The van der Waals surface area contributed by atoms with Gasteiger partial charge in [0, 0.05) is 11.1 Å². The number of carbonyl (C=O) groups is 3. The third-order valence-corrected chi connectivity index (χ3v) is 2.33. The fourth-order valence-electron chi connectivity index (χ4n) is 1.32. The molecule has 0 saturated carbocycles. The molecule has 0 radical (unpaired) electrons. The molecule has 0 N–H and O–H groups in total. The van der Waals surface area contributed by atoms with E-state index in [-0.39, 0.29) is 31.0 Å². The van der Waals surface area contributed by atoms with E-state index in [4.69, 9.17) is 9.47 Å². The summed E-state index contributed by atoms with van der Waals surface area (Å²) in [6.45, 7) is 4.79. The molecular formula is C15H16O5. The molecule has 20 heavy (non-hydrogen) atoms. The Morgan fingerprint density at radius 2 is 1.65 bits per heavy atom. The van der Waals surface area contributed by atoms with Crippen LogP contribution in [0.2, 0.25) is 0 Å². The molecule has 1 aromatic carbocycles. The number of carbonyl (C=O) groups excluding carboxylic acids is 3. The van der Waals surface area contributed by atoms with Crippen molar-refractivity contribution in [1.82, 2.24) is 0 Å². The molecule has 5 nitrogen and oxygen atoms in total. The Morgan fingerprint density at radius 1 is 1.05 bits per heavy atom. The van der Waals surface area contributed by atoms with E-state index >= 15 is 0 Å². The zero-order valence-electron chi connectivity index (χ0n) is 11.3. The summed E-state index contributed by atoms with van der Waals surface area (Å²) < 4.78 is 9.54. The largest absolute Gasteiger partial charge is 0.462 e. The minimum absolute atomic E-state index is 0.0586. The average molecular weight is 276 g/mol. The monoisotopic (exact) mass is 276 g/mol. The zero-order chi connectivity index (χ0) is 15.0. The molecule has 0 amide bonds. The minimum Gasteiger partial charge on any atom is -0.462 e. The summed E-state index contributed by atoms with van der Waals surface area (Å²) in [7, 11) is 0. The highest BCUT2D eigenvalue weighted by molar-refractivity contribution is 6.05. The van der Waals surface area contributed by atoms with Gasteiger partial charge in [-0.15, -0.1) is 0 Å². The third-order valence-electron chi connectivity index (χ3n) is 2.33. The highest BCUT2D eigenvalue weighted by atomic mass is 16.6. The molecule has 106 valence electrons. The van der Waals surface area contributed by atoms with E-state index < -0.39 is 11.9 Å². The molecule has 0 unspecified atom stereocenters. The Labute approximate surface area is 117 Å². The second kappa shape index (κ2) is 7.89. The fraction of sp³-hybridized carbons (Fsp3) is 0.267. The Morgan fingerprint density at radius 3 is 2.25 bits per heavy atom. The van der Waals surface area contributed by atoms with Crippen LogP contribution in [0.15, 0.2) is 42.5 Å². The fourth-order valence-corrected chi connectivity index (χ4v) is 1.32. The van der Waals surface area contributed by atoms with Gasteiger partial charge in [0.15, 0.2) is 5.78 Å². The van der Waals surface area contributed by atoms with Crippen LogP contribution in [-0.2, 0) is 19.1 Å². The van der Waals surface area contributed by atoms with Crippen LogP contribution in [-0.4, -0.2) is 30.9 Å². The number of ketones is 1. The minimum atomic E-state index is -0.648. The summed E-state index contributed by atoms with van der Waals surface area (Å²) in [6, 6.07) is 8.48. The number of esters is 2. The van der Waals surface area contributed by atoms with Gasteiger partial charge in [0.25, 0.3) is 0 Å². The normalized spacial score (nSPS) is 9.65. The van der Waals surface area contributed by atoms with E-state index in [0.29, 0.717) is 5.56 Å². The van der Waals surface area contributed by atoms with E-state index in [2.05, 4.69) is 6.58 Å². The number of ether oxygens (including phenoxy) is 2. The maximum atomic E-state index is 11.7. The lowest BCUT2D eigenvalue weighted by Crippen LogP contribution is -2.16. The van der Waals surface area contributed by atoms with Gasteiger partial charge in [-0.3, -0.25) is 9.59 Å². The van der Waals surface area contributed by atoms with Crippen molar-refractivity contribution in [3.8, 4) is 0 Å². The second-order valence-corrected chi connectivity index (χ2v) is 4.10. The quantitative estimate of drug-likeness (QED) is 0.250. The lowest BCUT2D eigenvalue weighted by atomic mass is 10.1. The summed E-state index contributed by atoms with van der Waals surface area (Å²) >= 11 is 0. The van der Waals surface area contributed by atoms with Crippen molar-refractivity contribution in [3.05, 3.63) is 48.0 Å². The lowest BCUT2D eigenvalue weighted by Gasteiger charge is -2.06. The Kier molecular flexibility index (Phi) is 6.16. The molecule has 0 aliphatic rings. The molecule has 5 heteroatoms. The Bertz CT molecular complexity index is 504. The molecule has 0 aromatic heterocycles. The first-order valence-electron chi connectivity index (χ1n) is 6.07. The van der Waals surface area contributed by atoms with E-state index in [0.717, 1.165) is 0 Å². The molecule has 0 heterocycles. The highest BCUT2D eigenvalue weighted by Gasteiger charge is 2.12. The van der Waals surface area contributed by atoms with Crippen molar-refractivity contribution < 1.29 is 23.9 Å². The number of Topliss-reactive ketones (excluding diaryl/α,β-unsaturated/α-hetero) is 1. The predicted octanol–water partition coefficient (Wildman–Crippen LogP) is 1.92. The van der Waals surface area contributed by atoms with Crippen LogP contribution in [0.5, 0.6) is 0 Å². The van der Waals surface area contributed by atoms with Crippen LogP contribution in [0.3, 0.4) is 0 Å². The molecular weight excluding hydrogens is 260 g/mol. The maximum Gasteiger partial charge on any atom is 0.333 e. The summed E-state index contributed by atoms with van der Waals surface area (Å²) in [5, 5.41) is 0. The van der Waals surface area contributed by atoms with E-state index in [1.54, 1.807) is 30.3 Å². The van der Waals surface area contributed by atoms with Gasteiger partial charge in [0.05, 0.1) is 0 Å². The van der Waals surface area contributed by atoms with Gasteiger partial charge in [0.2, 0.25) is 0 Å². The van der Waals surface area contributed by atoms with Gasteiger partial charge in [-0.1, -0.05) is 36.9 Å². The van der Waals surface area contributed by atoms with Gasteiger partial charge in [0.1, 0.15) is 19.6 Å². The van der Waals surface area contributed by atoms with Crippen molar-refractivity contribution in [3.63, 3.8) is 0 Å². The first-order valence-corrected chi connectivity index (χ1v) is 6.07. The van der Waals surface area contributed by atoms with Crippen molar-refractivity contribution in [2.24, 2.45) is 0 Å². The molecule has 0 atom stereocenters. The topological polar surface area (TPSA) is 69.7 Å². The van der Waals surface area contributed by atoms with Gasteiger partial charge in [-0.2, -0.15) is 0 Å². The molecule has 1 rings (SSSR count).